The van der Waals surface area contributed by atoms with Crippen LogP contribution in [0.1, 0.15) is 13.8 Å². The summed E-state index contributed by atoms with van der Waals surface area (Å²) >= 11 is 0. The second-order valence-corrected chi connectivity index (χ2v) is 8.22. The van der Waals surface area contributed by atoms with Crippen molar-refractivity contribution in [1.82, 2.24) is 10.6 Å². The molecule has 17 nitrogen and oxygen atoms in total. The molecule has 0 aromatic heterocycles. The molecule has 2 saturated heterocycles. The number of carboxylic acid groups (broad SMARTS) is 2. The van der Waals surface area contributed by atoms with Gasteiger partial charge in [0.15, 0.2) is 24.8 Å². The minimum atomic E-state index is -2.05. The fourth-order valence-corrected chi connectivity index (χ4v) is 3.72. The molecule has 0 radical (unpaired) electrons. The Balaban J connectivity index is 2.38. The van der Waals surface area contributed by atoms with Gasteiger partial charge in [-0.25, -0.2) is 9.59 Å². The van der Waals surface area contributed by atoms with Crippen LogP contribution < -0.4 is 10.6 Å². The van der Waals surface area contributed by atoms with Crippen LogP contribution in [0.2, 0.25) is 0 Å². The predicted octanol–water partition coefficient (Wildman–Crippen LogP) is -5.55. The molecule has 206 valence electrons. The number of rotatable bonds is 10. The molecule has 0 spiro atoms. The van der Waals surface area contributed by atoms with Gasteiger partial charge < -0.3 is 65.3 Å². The van der Waals surface area contributed by atoms with Crippen molar-refractivity contribution in [1.29, 1.82) is 0 Å². The van der Waals surface area contributed by atoms with E-state index in [1.54, 1.807) is 0 Å². The van der Waals surface area contributed by atoms with Crippen molar-refractivity contribution in [2.45, 2.75) is 81.2 Å². The monoisotopic (exact) mass is 526 g/mol. The lowest BCUT2D eigenvalue weighted by atomic mass is 9.94. The van der Waals surface area contributed by atoms with E-state index in [2.05, 4.69) is 10.6 Å². The van der Waals surface area contributed by atoms with Gasteiger partial charge in [0.05, 0.1) is 13.2 Å². The lowest BCUT2D eigenvalue weighted by Gasteiger charge is -2.47. The number of aliphatic hydroxyl groups is 5. The number of amides is 2. The first-order valence-electron chi connectivity index (χ1n) is 10.7. The second-order valence-electron chi connectivity index (χ2n) is 8.22. The Morgan fingerprint density at radius 3 is 1.81 bits per heavy atom. The second kappa shape index (κ2) is 12.7. The van der Waals surface area contributed by atoms with Crippen LogP contribution in [-0.4, -0.2) is 140 Å². The lowest BCUT2D eigenvalue weighted by molar-refractivity contribution is -0.324. The fourth-order valence-electron chi connectivity index (χ4n) is 3.72. The minimum Gasteiger partial charge on any atom is -0.479 e. The zero-order chi connectivity index (χ0) is 27.3. The van der Waals surface area contributed by atoms with Crippen molar-refractivity contribution >= 4 is 23.8 Å². The Hall–Kier alpha value is -2.48. The molecule has 0 aromatic rings. The maximum atomic E-state index is 11.9. The number of aliphatic carboxylic acids is 2. The van der Waals surface area contributed by atoms with E-state index in [4.69, 9.17) is 24.1 Å². The summed E-state index contributed by atoms with van der Waals surface area (Å²) in [7, 11) is 0. The van der Waals surface area contributed by atoms with E-state index in [1.165, 1.54) is 0 Å². The maximum Gasteiger partial charge on any atom is 0.335 e. The first-order chi connectivity index (χ1) is 16.8. The zero-order valence-electron chi connectivity index (χ0n) is 19.2. The normalized spacial score (nSPS) is 37.5. The predicted molar refractivity (Wildman–Crippen MR) is 110 cm³/mol. The highest BCUT2D eigenvalue weighted by Gasteiger charge is 2.54. The quantitative estimate of drug-likeness (QED) is 0.128. The molecule has 0 aromatic carbocycles. The molecular weight excluding hydrogens is 496 g/mol. The molecule has 9 N–H and O–H groups in total. The van der Waals surface area contributed by atoms with Crippen LogP contribution in [-0.2, 0) is 38.1 Å². The minimum absolute atomic E-state index is 0.567. The number of carbonyl (C=O) groups excluding carboxylic acids is 2. The Bertz CT molecular complexity index is 812. The SMILES string of the molecule is CC(=O)NC1C(OC2C(C(=O)O)OC(OCC(O)CO)C(NC(C)=O)C2O)OC(C(=O)O)C(O)C1O. The molecule has 0 saturated carbocycles. The molecule has 0 aliphatic carbocycles. The number of nitrogens with one attached hydrogen (secondary N) is 2. The molecule has 0 bridgehead atoms. The standard InChI is InChI=1S/C19H30N2O15/c1-5(23)20-8-10(26)12(28)14(16(29)30)35-19(8)34-13-11(27)9(21-6(2)24)18(33-4-7(25)3-22)36-15(13)17(31)32/h7-15,18-19,22,25-28H,3-4H2,1-2H3,(H,20,23)(H,21,24)(H,29,30)(H,31,32). The number of carbonyl (C=O) groups is 4. The molecule has 2 fully saturated rings. The molecule has 11 atom stereocenters. The smallest absolute Gasteiger partial charge is 0.335 e. The van der Waals surface area contributed by atoms with E-state index in [0.717, 1.165) is 13.8 Å². The van der Waals surface area contributed by atoms with E-state index >= 15 is 0 Å². The molecule has 2 rings (SSSR count). The summed E-state index contributed by atoms with van der Waals surface area (Å²) in [6, 6.07) is -3.11. The number of aliphatic hydroxyl groups excluding tert-OH is 5. The van der Waals surface area contributed by atoms with Crippen molar-refractivity contribution in [3.05, 3.63) is 0 Å². The zero-order valence-corrected chi connectivity index (χ0v) is 19.2. The van der Waals surface area contributed by atoms with Crippen LogP contribution in [0.3, 0.4) is 0 Å². The number of hydrogen-bond acceptors (Lipinski definition) is 13. The van der Waals surface area contributed by atoms with Crippen LogP contribution in [0.5, 0.6) is 0 Å². The van der Waals surface area contributed by atoms with Gasteiger partial charge >= 0.3 is 11.9 Å². The summed E-state index contributed by atoms with van der Waals surface area (Å²) in [5.41, 5.74) is 0. The van der Waals surface area contributed by atoms with E-state index < -0.39 is 104 Å². The average molecular weight is 526 g/mol. The molecule has 36 heavy (non-hydrogen) atoms. The van der Waals surface area contributed by atoms with Crippen molar-refractivity contribution in [2.75, 3.05) is 13.2 Å². The Morgan fingerprint density at radius 1 is 0.833 bits per heavy atom. The Morgan fingerprint density at radius 2 is 1.33 bits per heavy atom. The molecule has 2 heterocycles. The van der Waals surface area contributed by atoms with Crippen LogP contribution in [0.15, 0.2) is 0 Å². The van der Waals surface area contributed by atoms with Crippen molar-refractivity contribution in [3.8, 4) is 0 Å². The number of carboxylic acids is 2. The fraction of sp³-hybridized carbons (Fsp3) is 0.789. The third-order valence-corrected chi connectivity index (χ3v) is 5.36. The van der Waals surface area contributed by atoms with Crippen LogP contribution in [0, 0.1) is 0 Å². The summed E-state index contributed by atoms with van der Waals surface area (Å²) in [5.74, 6) is -4.86. The van der Waals surface area contributed by atoms with E-state index in [0.29, 0.717) is 0 Å². The van der Waals surface area contributed by atoms with Gasteiger partial charge in [0, 0.05) is 13.8 Å². The molecular formula is C19H30N2O15. The Kier molecular flexibility index (Phi) is 10.5. The van der Waals surface area contributed by atoms with Crippen molar-refractivity contribution in [3.63, 3.8) is 0 Å². The van der Waals surface area contributed by atoms with Gasteiger partial charge in [-0.1, -0.05) is 0 Å². The van der Waals surface area contributed by atoms with Gasteiger partial charge in [0.1, 0.15) is 42.6 Å². The molecule has 11 unspecified atom stereocenters. The first-order valence-corrected chi connectivity index (χ1v) is 10.7. The highest BCUT2D eigenvalue weighted by Crippen LogP contribution is 2.30. The van der Waals surface area contributed by atoms with Gasteiger partial charge in [-0.05, 0) is 0 Å². The van der Waals surface area contributed by atoms with Crippen LogP contribution in [0.25, 0.3) is 0 Å². The van der Waals surface area contributed by atoms with Crippen LogP contribution >= 0.6 is 0 Å². The third-order valence-electron chi connectivity index (χ3n) is 5.36. The topological polar surface area (TPSA) is 271 Å². The van der Waals surface area contributed by atoms with E-state index in [-0.39, 0.29) is 0 Å². The molecule has 2 aliphatic rings. The highest BCUT2D eigenvalue weighted by atomic mass is 16.7. The van der Waals surface area contributed by atoms with Crippen LogP contribution in [0.4, 0.5) is 0 Å². The molecule has 17 heteroatoms. The Labute approximate surface area is 203 Å². The van der Waals surface area contributed by atoms with Gasteiger partial charge in [-0.2, -0.15) is 0 Å². The average Bonchev–Trinajstić information content (AvgIpc) is 2.78. The number of hydrogen-bond donors (Lipinski definition) is 9. The van der Waals surface area contributed by atoms with Gasteiger partial charge in [-0.3, -0.25) is 9.59 Å². The van der Waals surface area contributed by atoms with Crippen molar-refractivity contribution < 1.29 is 73.9 Å². The summed E-state index contributed by atoms with van der Waals surface area (Å²) in [6.45, 7) is 0.824. The van der Waals surface area contributed by atoms with Gasteiger partial charge in [0.2, 0.25) is 11.8 Å². The third kappa shape index (κ3) is 7.05. The van der Waals surface area contributed by atoms with Crippen molar-refractivity contribution in [2.24, 2.45) is 0 Å². The first kappa shape index (κ1) is 29.7. The molecule has 2 amide bonds. The van der Waals surface area contributed by atoms with Gasteiger partial charge in [0.25, 0.3) is 0 Å². The largest absolute Gasteiger partial charge is 0.479 e. The summed E-state index contributed by atoms with van der Waals surface area (Å²) in [4.78, 5) is 46.7. The summed E-state index contributed by atoms with van der Waals surface area (Å²) < 4.78 is 21.2. The van der Waals surface area contributed by atoms with E-state index in [9.17, 15) is 49.8 Å². The lowest BCUT2D eigenvalue weighted by Crippen LogP contribution is -2.70. The summed E-state index contributed by atoms with van der Waals surface area (Å²) in [5, 5.41) is 73.3. The maximum absolute atomic E-state index is 11.9. The summed E-state index contributed by atoms with van der Waals surface area (Å²) in [6.07, 6.45) is -16.8. The highest BCUT2D eigenvalue weighted by molar-refractivity contribution is 5.75. The number of ether oxygens (including phenoxy) is 4. The van der Waals surface area contributed by atoms with Gasteiger partial charge in [-0.15, -0.1) is 0 Å². The van der Waals surface area contributed by atoms with E-state index in [1.807, 2.05) is 0 Å². The molecule has 2 aliphatic heterocycles.